The van der Waals surface area contributed by atoms with Crippen LogP contribution in [0.4, 0.5) is 11.4 Å². The molecule has 1 atom stereocenters. The van der Waals surface area contributed by atoms with E-state index in [1.54, 1.807) is 0 Å². The Balaban J connectivity index is 1.23. The summed E-state index contributed by atoms with van der Waals surface area (Å²) in [7, 11) is 0. The van der Waals surface area contributed by atoms with Gasteiger partial charge in [-0.1, -0.05) is 66.7 Å². The topological polar surface area (TPSA) is 32.8 Å². The molecule has 3 aromatic rings. The molecule has 2 aliphatic heterocycles. The molecular formula is C27H28N2O2. The molecule has 0 saturated carbocycles. The zero-order chi connectivity index (χ0) is 21.0. The summed E-state index contributed by atoms with van der Waals surface area (Å²) in [5.41, 5.74) is 4.67. The summed E-state index contributed by atoms with van der Waals surface area (Å²) < 4.78 is 6.05. The first-order valence-corrected chi connectivity index (χ1v) is 11.2. The Hall–Kier alpha value is -3.11. The van der Waals surface area contributed by atoms with Crippen LogP contribution in [-0.4, -0.2) is 36.1 Å². The van der Waals surface area contributed by atoms with Gasteiger partial charge in [0.05, 0.1) is 0 Å². The number of carbonyl (C=O) groups excluding carboxylic acids is 1. The number of benzene rings is 3. The minimum atomic E-state index is -0.304. The van der Waals surface area contributed by atoms with Gasteiger partial charge in [0.15, 0.2) is 0 Å². The molecular weight excluding hydrogens is 384 g/mol. The molecule has 1 saturated heterocycles. The van der Waals surface area contributed by atoms with Gasteiger partial charge in [-0.3, -0.25) is 4.90 Å². The Morgan fingerprint density at radius 3 is 2.23 bits per heavy atom. The smallest absolute Gasteiger partial charge is 0.329 e. The third kappa shape index (κ3) is 4.35. The van der Waals surface area contributed by atoms with Crippen LogP contribution in [-0.2, 0) is 22.5 Å². The minimum Gasteiger partial charge on any atom is -0.461 e. The van der Waals surface area contributed by atoms with Crippen molar-refractivity contribution in [1.82, 2.24) is 4.90 Å². The lowest BCUT2D eigenvalue weighted by Gasteiger charge is -2.33. The predicted molar refractivity (Wildman–Crippen MR) is 123 cm³/mol. The molecule has 1 unspecified atom stereocenters. The van der Waals surface area contributed by atoms with E-state index in [0.29, 0.717) is 6.42 Å². The summed E-state index contributed by atoms with van der Waals surface area (Å²) in [6.07, 6.45) is 2.48. The van der Waals surface area contributed by atoms with Crippen LogP contribution < -0.4 is 4.90 Å². The standard InChI is InChI=1S/C27H28N2O2/c30-27(31-24-15-17-28(18-16-24)20-21-9-3-1-4-10-21)26-19-22-11-7-8-14-25(22)29(26)23-12-5-2-6-13-23/h1-14,24,26H,15-20H2. The molecule has 4 nitrogen and oxygen atoms in total. The van der Waals surface area contributed by atoms with Gasteiger partial charge >= 0.3 is 5.97 Å². The van der Waals surface area contributed by atoms with Crippen molar-refractivity contribution in [2.24, 2.45) is 0 Å². The molecule has 0 spiro atoms. The van der Waals surface area contributed by atoms with Gasteiger partial charge in [-0.25, -0.2) is 4.79 Å². The summed E-state index contributed by atoms with van der Waals surface area (Å²) in [5, 5.41) is 0. The molecule has 0 N–H and O–H groups in total. The lowest BCUT2D eigenvalue weighted by Crippen LogP contribution is -2.42. The number of nitrogens with zero attached hydrogens (tertiary/aromatic N) is 2. The van der Waals surface area contributed by atoms with E-state index in [1.807, 2.05) is 30.3 Å². The molecule has 0 bridgehead atoms. The summed E-state index contributed by atoms with van der Waals surface area (Å²) in [6, 6.07) is 28.7. The summed E-state index contributed by atoms with van der Waals surface area (Å²) in [4.78, 5) is 17.8. The number of esters is 1. The van der Waals surface area contributed by atoms with Crippen molar-refractivity contribution in [3.63, 3.8) is 0 Å². The molecule has 0 aliphatic carbocycles. The monoisotopic (exact) mass is 412 g/mol. The third-order valence-electron chi connectivity index (χ3n) is 6.35. The van der Waals surface area contributed by atoms with Crippen LogP contribution in [0.5, 0.6) is 0 Å². The van der Waals surface area contributed by atoms with Crippen molar-refractivity contribution in [2.45, 2.75) is 38.0 Å². The molecule has 4 heteroatoms. The third-order valence-corrected chi connectivity index (χ3v) is 6.35. The molecule has 5 rings (SSSR count). The Morgan fingerprint density at radius 1 is 0.839 bits per heavy atom. The van der Waals surface area contributed by atoms with Gasteiger partial charge in [-0.05, 0) is 42.2 Å². The van der Waals surface area contributed by atoms with Crippen molar-refractivity contribution >= 4 is 17.3 Å². The van der Waals surface area contributed by atoms with Crippen molar-refractivity contribution in [3.8, 4) is 0 Å². The molecule has 2 heterocycles. The number of piperidine rings is 1. The highest BCUT2D eigenvalue weighted by atomic mass is 16.5. The maximum absolute atomic E-state index is 13.3. The lowest BCUT2D eigenvalue weighted by atomic mass is 10.1. The van der Waals surface area contributed by atoms with E-state index >= 15 is 0 Å². The maximum atomic E-state index is 13.3. The van der Waals surface area contributed by atoms with Crippen molar-refractivity contribution in [2.75, 3.05) is 18.0 Å². The largest absolute Gasteiger partial charge is 0.461 e. The van der Waals surface area contributed by atoms with E-state index in [2.05, 4.69) is 64.4 Å². The first-order chi connectivity index (χ1) is 15.3. The first kappa shape index (κ1) is 19.8. The van der Waals surface area contributed by atoms with Crippen LogP contribution in [0.3, 0.4) is 0 Å². The number of hydrogen-bond donors (Lipinski definition) is 0. The highest BCUT2D eigenvalue weighted by molar-refractivity contribution is 5.88. The fraction of sp³-hybridized carbons (Fsp3) is 0.296. The summed E-state index contributed by atoms with van der Waals surface area (Å²) >= 11 is 0. The number of para-hydroxylation sites is 2. The predicted octanol–water partition coefficient (Wildman–Crippen LogP) is 4.96. The Labute approximate surface area is 184 Å². The van der Waals surface area contributed by atoms with E-state index in [4.69, 9.17) is 4.74 Å². The Bertz CT molecular complexity index is 1010. The highest BCUT2D eigenvalue weighted by Crippen LogP contribution is 2.38. The second-order valence-corrected chi connectivity index (χ2v) is 8.45. The number of carbonyl (C=O) groups is 1. The second kappa shape index (κ2) is 8.94. The quantitative estimate of drug-likeness (QED) is 0.555. The van der Waals surface area contributed by atoms with E-state index < -0.39 is 0 Å². The average Bonchev–Trinajstić information content (AvgIpc) is 3.21. The van der Waals surface area contributed by atoms with Crippen LogP contribution >= 0.6 is 0 Å². The number of fused-ring (bicyclic) bond motifs is 1. The Kier molecular flexibility index (Phi) is 5.72. The van der Waals surface area contributed by atoms with Gasteiger partial charge in [-0.2, -0.15) is 0 Å². The fourth-order valence-electron chi connectivity index (χ4n) is 4.75. The zero-order valence-electron chi connectivity index (χ0n) is 17.7. The molecule has 31 heavy (non-hydrogen) atoms. The van der Waals surface area contributed by atoms with Crippen LogP contribution in [0.2, 0.25) is 0 Å². The van der Waals surface area contributed by atoms with Gasteiger partial charge in [0.1, 0.15) is 12.1 Å². The number of likely N-dealkylation sites (tertiary alicyclic amines) is 1. The second-order valence-electron chi connectivity index (χ2n) is 8.45. The van der Waals surface area contributed by atoms with Crippen LogP contribution in [0.25, 0.3) is 0 Å². The summed E-state index contributed by atoms with van der Waals surface area (Å²) in [6.45, 7) is 2.88. The van der Waals surface area contributed by atoms with E-state index in [0.717, 1.165) is 43.9 Å². The molecule has 1 fully saturated rings. The average molecular weight is 413 g/mol. The number of hydrogen-bond acceptors (Lipinski definition) is 4. The van der Waals surface area contributed by atoms with Gasteiger partial charge in [0.2, 0.25) is 0 Å². The molecule has 0 radical (unpaired) electrons. The number of rotatable bonds is 5. The van der Waals surface area contributed by atoms with Gasteiger partial charge in [0, 0.05) is 37.4 Å². The maximum Gasteiger partial charge on any atom is 0.329 e. The molecule has 158 valence electrons. The fourth-order valence-corrected chi connectivity index (χ4v) is 4.75. The van der Waals surface area contributed by atoms with Crippen molar-refractivity contribution in [1.29, 1.82) is 0 Å². The van der Waals surface area contributed by atoms with E-state index in [-0.39, 0.29) is 18.1 Å². The normalized spacial score (nSPS) is 19.2. The number of ether oxygens (including phenoxy) is 1. The molecule has 2 aliphatic rings. The molecule has 3 aromatic carbocycles. The zero-order valence-corrected chi connectivity index (χ0v) is 17.7. The minimum absolute atomic E-state index is 0.000795. The van der Waals surface area contributed by atoms with Crippen molar-refractivity contribution in [3.05, 3.63) is 96.1 Å². The van der Waals surface area contributed by atoms with E-state index in [9.17, 15) is 4.79 Å². The van der Waals surface area contributed by atoms with Gasteiger partial charge in [-0.15, -0.1) is 0 Å². The Morgan fingerprint density at radius 2 is 1.48 bits per heavy atom. The van der Waals surface area contributed by atoms with Crippen molar-refractivity contribution < 1.29 is 9.53 Å². The first-order valence-electron chi connectivity index (χ1n) is 11.2. The number of anilines is 2. The van der Waals surface area contributed by atoms with E-state index in [1.165, 1.54) is 11.1 Å². The SMILES string of the molecule is O=C(OC1CCN(Cc2ccccc2)CC1)C1Cc2ccccc2N1c1ccccc1. The van der Waals surface area contributed by atoms with Gasteiger partial charge < -0.3 is 9.64 Å². The highest BCUT2D eigenvalue weighted by Gasteiger charge is 2.37. The molecule has 0 amide bonds. The van der Waals surface area contributed by atoms with Crippen LogP contribution in [0.15, 0.2) is 84.9 Å². The van der Waals surface area contributed by atoms with Crippen LogP contribution in [0, 0.1) is 0 Å². The van der Waals surface area contributed by atoms with Crippen LogP contribution in [0.1, 0.15) is 24.0 Å². The lowest BCUT2D eigenvalue weighted by molar-refractivity contribution is -0.152. The van der Waals surface area contributed by atoms with Gasteiger partial charge in [0.25, 0.3) is 0 Å². The summed E-state index contributed by atoms with van der Waals surface area (Å²) in [5.74, 6) is -0.110. The molecule has 0 aromatic heterocycles.